The summed E-state index contributed by atoms with van der Waals surface area (Å²) in [6.07, 6.45) is 1.70. The lowest BCUT2D eigenvalue weighted by molar-refractivity contribution is 0.0692. The molecule has 5 heteroatoms. The van der Waals surface area contributed by atoms with Crippen LogP contribution in [-0.2, 0) is 0 Å². The van der Waals surface area contributed by atoms with Gasteiger partial charge >= 0.3 is 5.97 Å². The van der Waals surface area contributed by atoms with E-state index in [1.165, 1.54) is 13.2 Å². The Kier molecular flexibility index (Phi) is 1.85. The number of nitrogens with zero attached hydrogens (tertiary/aromatic N) is 1. The number of aromatic carboxylic acids is 1. The van der Waals surface area contributed by atoms with E-state index in [-0.39, 0.29) is 11.4 Å². The second-order valence-corrected chi connectivity index (χ2v) is 2.76. The van der Waals surface area contributed by atoms with Gasteiger partial charge in [0.25, 0.3) is 0 Å². The minimum atomic E-state index is -1.05. The maximum absolute atomic E-state index is 10.8. The van der Waals surface area contributed by atoms with Gasteiger partial charge in [-0.25, -0.2) is 9.78 Å². The standard InChI is InChI=1S/C9H8N2O3/c1-14-8-5(9(12)13)4-7-6(11-8)2-3-10-7/h2-4,10H,1H3,(H,12,13). The lowest BCUT2D eigenvalue weighted by Crippen LogP contribution is -2.02. The lowest BCUT2D eigenvalue weighted by Gasteiger charge is -2.02. The first-order chi connectivity index (χ1) is 6.72. The molecule has 0 aromatic carbocycles. The maximum atomic E-state index is 10.8. The molecule has 0 bridgehead atoms. The number of nitrogens with one attached hydrogen (secondary N) is 1. The Morgan fingerprint density at radius 2 is 2.43 bits per heavy atom. The Hall–Kier alpha value is -2.04. The van der Waals surface area contributed by atoms with Crippen molar-refractivity contribution in [2.45, 2.75) is 0 Å². The van der Waals surface area contributed by atoms with E-state index in [4.69, 9.17) is 9.84 Å². The van der Waals surface area contributed by atoms with Crippen molar-refractivity contribution in [3.63, 3.8) is 0 Å². The number of hydrogen-bond acceptors (Lipinski definition) is 3. The third-order valence-electron chi connectivity index (χ3n) is 1.92. The normalized spacial score (nSPS) is 10.4. The van der Waals surface area contributed by atoms with Crippen molar-refractivity contribution in [3.05, 3.63) is 23.9 Å². The molecule has 72 valence electrons. The number of carbonyl (C=O) groups is 1. The highest BCUT2D eigenvalue weighted by atomic mass is 16.5. The van der Waals surface area contributed by atoms with Crippen molar-refractivity contribution < 1.29 is 14.6 Å². The molecule has 14 heavy (non-hydrogen) atoms. The van der Waals surface area contributed by atoms with Crippen molar-refractivity contribution in [1.29, 1.82) is 0 Å². The van der Waals surface area contributed by atoms with Crippen molar-refractivity contribution in [2.24, 2.45) is 0 Å². The fourth-order valence-electron chi connectivity index (χ4n) is 1.27. The molecule has 0 radical (unpaired) electrons. The van der Waals surface area contributed by atoms with Crippen LogP contribution in [-0.4, -0.2) is 28.2 Å². The lowest BCUT2D eigenvalue weighted by atomic mass is 10.2. The Morgan fingerprint density at radius 1 is 1.64 bits per heavy atom. The first kappa shape index (κ1) is 8.55. The van der Waals surface area contributed by atoms with E-state index in [1.807, 2.05) is 0 Å². The molecule has 0 atom stereocenters. The molecule has 0 spiro atoms. The van der Waals surface area contributed by atoms with Gasteiger partial charge in [0.05, 0.1) is 18.1 Å². The summed E-state index contributed by atoms with van der Waals surface area (Å²) in [5, 5.41) is 8.86. The third-order valence-corrected chi connectivity index (χ3v) is 1.92. The summed E-state index contributed by atoms with van der Waals surface area (Å²) >= 11 is 0. The predicted molar refractivity (Wildman–Crippen MR) is 49.6 cm³/mol. The Morgan fingerprint density at radius 3 is 3.07 bits per heavy atom. The average Bonchev–Trinajstić information content (AvgIpc) is 2.62. The van der Waals surface area contributed by atoms with E-state index >= 15 is 0 Å². The van der Waals surface area contributed by atoms with Gasteiger partial charge in [-0.3, -0.25) is 0 Å². The zero-order chi connectivity index (χ0) is 10.1. The number of pyridine rings is 1. The molecule has 0 aliphatic carbocycles. The highest BCUT2D eigenvalue weighted by Gasteiger charge is 2.13. The van der Waals surface area contributed by atoms with Gasteiger partial charge in [0.1, 0.15) is 5.56 Å². The van der Waals surface area contributed by atoms with E-state index in [2.05, 4.69) is 9.97 Å². The highest BCUT2D eigenvalue weighted by molar-refractivity contribution is 5.94. The molecule has 0 aliphatic rings. The Bertz CT molecular complexity index is 490. The van der Waals surface area contributed by atoms with E-state index in [1.54, 1.807) is 12.3 Å². The van der Waals surface area contributed by atoms with Gasteiger partial charge < -0.3 is 14.8 Å². The van der Waals surface area contributed by atoms with Crippen LogP contribution >= 0.6 is 0 Å². The molecule has 2 heterocycles. The average molecular weight is 192 g/mol. The number of aromatic nitrogens is 2. The molecule has 0 fully saturated rings. The van der Waals surface area contributed by atoms with E-state index < -0.39 is 5.97 Å². The van der Waals surface area contributed by atoms with Gasteiger partial charge in [0.2, 0.25) is 5.88 Å². The van der Waals surface area contributed by atoms with Crippen molar-refractivity contribution in [2.75, 3.05) is 7.11 Å². The summed E-state index contributed by atoms with van der Waals surface area (Å²) in [6.45, 7) is 0. The summed E-state index contributed by atoms with van der Waals surface area (Å²) in [5.41, 5.74) is 1.43. The number of carboxylic acid groups (broad SMARTS) is 1. The summed E-state index contributed by atoms with van der Waals surface area (Å²) in [5.74, 6) is -0.921. The number of rotatable bonds is 2. The smallest absolute Gasteiger partial charge is 0.341 e. The van der Waals surface area contributed by atoms with Gasteiger partial charge in [-0.2, -0.15) is 0 Å². The first-order valence-electron chi connectivity index (χ1n) is 3.98. The quantitative estimate of drug-likeness (QED) is 0.751. The summed E-state index contributed by atoms with van der Waals surface area (Å²) in [4.78, 5) is 17.7. The van der Waals surface area contributed by atoms with Crippen LogP contribution in [0.15, 0.2) is 18.3 Å². The number of ether oxygens (including phenoxy) is 1. The number of H-pyrrole nitrogens is 1. The van der Waals surface area contributed by atoms with Gasteiger partial charge in [0.15, 0.2) is 0 Å². The molecule has 5 nitrogen and oxygen atoms in total. The van der Waals surface area contributed by atoms with Gasteiger partial charge in [0, 0.05) is 6.20 Å². The fraction of sp³-hybridized carbons (Fsp3) is 0.111. The second kappa shape index (κ2) is 3.02. The Balaban J connectivity index is 2.72. The maximum Gasteiger partial charge on any atom is 0.341 e. The number of fused-ring (bicyclic) bond motifs is 1. The van der Waals surface area contributed by atoms with Crippen LogP contribution in [0, 0.1) is 0 Å². The molecule has 0 aliphatic heterocycles. The first-order valence-corrected chi connectivity index (χ1v) is 3.98. The summed E-state index contributed by atoms with van der Waals surface area (Å²) in [7, 11) is 1.40. The van der Waals surface area contributed by atoms with Crippen LogP contribution in [0.1, 0.15) is 10.4 Å². The molecule has 0 saturated carbocycles. The van der Waals surface area contributed by atoms with E-state index in [9.17, 15) is 4.79 Å². The van der Waals surface area contributed by atoms with Crippen LogP contribution in [0.5, 0.6) is 5.88 Å². The van der Waals surface area contributed by atoms with Crippen molar-refractivity contribution in [3.8, 4) is 5.88 Å². The van der Waals surface area contributed by atoms with Crippen LogP contribution in [0.25, 0.3) is 11.0 Å². The monoisotopic (exact) mass is 192 g/mol. The largest absolute Gasteiger partial charge is 0.480 e. The topological polar surface area (TPSA) is 75.2 Å². The highest BCUT2D eigenvalue weighted by Crippen LogP contribution is 2.20. The predicted octanol–water partition coefficient (Wildman–Crippen LogP) is 1.27. The van der Waals surface area contributed by atoms with Crippen molar-refractivity contribution >= 4 is 17.0 Å². The SMILES string of the molecule is COc1nc2cc[nH]c2cc1C(=O)O. The summed E-state index contributed by atoms with van der Waals surface area (Å²) < 4.78 is 4.88. The molecule has 2 rings (SSSR count). The van der Waals surface area contributed by atoms with Crippen molar-refractivity contribution in [1.82, 2.24) is 9.97 Å². The van der Waals surface area contributed by atoms with Crippen LogP contribution in [0.4, 0.5) is 0 Å². The van der Waals surface area contributed by atoms with E-state index in [0.29, 0.717) is 11.0 Å². The molecule has 0 unspecified atom stereocenters. The van der Waals surface area contributed by atoms with Crippen LogP contribution < -0.4 is 4.74 Å². The van der Waals surface area contributed by atoms with Gasteiger partial charge in [-0.1, -0.05) is 0 Å². The third kappa shape index (κ3) is 1.19. The molecule has 0 saturated heterocycles. The van der Waals surface area contributed by atoms with Gasteiger partial charge in [-0.15, -0.1) is 0 Å². The molecular weight excluding hydrogens is 184 g/mol. The molecule has 2 N–H and O–H groups in total. The second-order valence-electron chi connectivity index (χ2n) is 2.76. The minimum absolute atomic E-state index is 0.0578. The zero-order valence-electron chi connectivity index (χ0n) is 7.44. The zero-order valence-corrected chi connectivity index (χ0v) is 7.44. The fourth-order valence-corrected chi connectivity index (χ4v) is 1.27. The number of carboxylic acids is 1. The van der Waals surface area contributed by atoms with Crippen LogP contribution in [0.3, 0.4) is 0 Å². The molecule has 2 aromatic rings. The summed E-state index contributed by atoms with van der Waals surface area (Å²) in [6, 6.07) is 3.26. The number of hydrogen-bond donors (Lipinski definition) is 2. The number of methoxy groups -OCH3 is 1. The van der Waals surface area contributed by atoms with E-state index in [0.717, 1.165) is 0 Å². The van der Waals surface area contributed by atoms with Gasteiger partial charge in [-0.05, 0) is 12.1 Å². The minimum Gasteiger partial charge on any atom is -0.480 e. The molecule has 0 amide bonds. The number of aromatic amines is 1. The Labute approximate surface area is 79.3 Å². The molecule has 2 aromatic heterocycles. The van der Waals surface area contributed by atoms with Crippen LogP contribution in [0.2, 0.25) is 0 Å². The molecular formula is C9H8N2O3.